The van der Waals surface area contributed by atoms with E-state index in [0.29, 0.717) is 11.4 Å². The summed E-state index contributed by atoms with van der Waals surface area (Å²) in [4.78, 5) is 10.6. The van der Waals surface area contributed by atoms with E-state index in [9.17, 15) is 10.1 Å². The molecule has 1 atom stereocenters. The molecular formula is C12H16N6O2. The summed E-state index contributed by atoms with van der Waals surface area (Å²) in [6, 6.07) is 6.58. The van der Waals surface area contributed by atoms with Crippen LogP contribution in [0.4, 0.5) is 5.69 Å². The van der Waals surface area contributed by atoms with Crippen molar-refractivity contribution >= 4 is 5.69 Å². The first-order chi connectivity index (χ1) is 9.63. The molecule has 0 aliphatic carbocycles. The average molecular weight is 276 g/mol. The van der Waals surface area contributed by atoms with Crippen LogP contribution in [0.15, 0.2) is 24.3 Å². The Balaban J connectivity index is 2.27. The predicted octanol–water partition coefficient (Wildman–Crippen LogP) is 1.30. The molecule has 0 amide bonds. The van der Waals surface area contributed by atoms with E-state index in [-0.39, 0.29) is 18.3 Å². The Morgan fingerprint density at radius 1 is 1.45 bits per heavy atom. The van der Waals surface area contributed by atoms with Crippen molar-refractivity contribution in [3.8, 4) is 0 Å². The first-order valence-corrected chi connectivity index (χ1v) is 6.35. The standard InChI is InChI=1S/C12H16N6O2/c1-3-13-9(2)12-14-15-16-17(12)8-10-6-4-5-7-11(10)18(19)20/h4-7,9,13H,3,8H2,1-2H3. The number of hydrogen-bond donors (Lipinski definition) is 1. The van der Waals surface area contributed by atoms with Crippen LogP contribution in [0, 0.1) is 10.1 Å². The Morgan fingerprint density at radius 3 is 2.90 bits per heavy atom. The maximum Gasteiger partial charge on any atom is 0.274 e. The van der Waals surface area contributed by atoms with Gasteiger partial charge in [-0.25, -0.2) is 4.68 Å². The summed E-state index contributed by atoms with van der Waals surface area (Å²) < 4.78 is 1.58. The van der Waals surface area contributed by atoms with Crippen LogP contribution in [0.2, 0.25) is 0 Å². The lowest BCUT2D eigenvalue weighted by atomic mass is 10.2. The van der Waals surface area contributed by atoms with Gasteiger partial charge in [0.25, 0.3) is 5.69 Å². The molecule has 8 nitrogen and oxygen atoms in total. The van der Waals surface area contributed by atoms with Crippen molar-refractivity contribution in [2.75, 3.05) is 6.54 Å². The molecule has 0 radical (unpaired) electrons. The second kappa shape index (κ2) is 6.20. The Bertz CT molecular complexity index is 597. The molecule has 1 aromatic carbocycles. The van der Waals surface area contributed by atoms with Crippen molar-refractivity contribution in [3.05, 3.63) is 45.8 Å². The maximum absolute atomic E-state index is 11.0. The molecule has 106 valence electrons. The normalized spacial score (nSPS) is 12.3. The number of nitrogens with one attached hydrogen (secondary N) is 1. The molecule has 2 aromatic rings. The fraction of sp³-hybridized carbons (Fsp3) is 0.417. The second-order valence-electron chi connectivity index (χ2n) is 4.36. The van der Waals surface area contributed by atoms with Crippen LogP contribution in [0.25, 0.3) is 0 Å². The number of hydrogen-bond acceptors (Lipinski definition) is 6. The Kier molecular flexibility index (Phi) is 4.36. The van der Waals surface area contributed by atoms with Crippen molar-refractivity contribution in [1.82, 2.24) is 25.5 Å². The highest BCUT2D eigenvalue weighted by molar-refractivity contribution is 5.39. The van der Waals surface area contributed by atoms with E-state index in [1.807, 2.05) is 13.8 Å². The van der Waals surface area contributed by atoms with Crippen molar-refractivity contribution in [3.63, 3.8) is 0 Å². The largest absolute Gasteiger partial charge is 0.308 e. The molecule has 0 saturated heterocycles. The van der Waals surface area contributed by atoms with Crippen LogP contribution in [-0.4, -0.2) is 31.7 Å². The highest BCUT2D eigenvalue weighted by Crippen LogP contribution is 2.19. The molecule has 8 heteroatoms. The molecular weight excluding hydrogens is 260 g/mol. The molecule has 20 heavy (non-hydrogen) atoms. The maximum atomic E-state index is 11.0. The van der Waals surface area contributed by atoms with Crippen LogP contribution in [-0.2, 0) is 6.54 Å². The third-order valence-electron chi connectivity index (χ3n) is 2.97. The molecule has 2 rings (SSSR count). The summed E-state index contributed by atoms with van der Waals surface area (Å²) in [6.45, 7) is 5.01. The van der Waals surface area contributed by atoms with Crippen LogP contribution in [0.3, 0.4) is 0 Å². The van der Waals surface area contributed by atoms with Gasteiger partial charge in [-0.15, -0.1) is 5.10 Å². The number of tetrazole rings is 1. The van der Waals surface area contributed by atoms with Gasteiger partial charge in [0, 0.05) is 6.07 Å². The Hall–Kier alpha value is -2.35. The van der Waals surface area contributed by atoms with E-state index in [1.165, 1.54) is 6.07 Å². The molecule has 0 saturated carbocycles. The van der Waals surface area contributed by atoms with E-state index in [0.717, 1.165) is 6.54 Å². The number of nitro benzene ring substituents is 1. The molecule has 0 fully saturated rings. The number of rotatable bonds is 6. The van der Waals surface area contributed by atoms with Crippen molar-refractivity contribution in [2.45, 2.75) is 26.4 Å². The molecule has 1 heterocycles. The lowest BCUT2D eigenvalue weighted by Gasteiger charge is -2.12. The van der Waals surface area contributed by atoms with E-state index in [1.54, 1.807) is 22.9 Å². The SMILES string of the molecule is CCNC(C)c1nnnn1Cc1ccccc1[N+](=O)[O-]. The average Bonchev–Trinajstić information content (AvgIpc) is 2.87. The zero-order valence-electron chi connectivity index (χ0n) is 11.4. The van der Waals surface area contributed by atoms with Gasteiger partial charge >= 0.3 is 0 Å². The summed E-state index contributed by atoms with van der Waals surface area (Å²) in [5.41, 5.74) is 0.653. The van der Waals surface area contributed by atoms with E-state index >= 15 is 0 Å². The van der Waals surface area contributed by atoms with Gasteiger partial charge in [0.05, 0.1) is 23.1 Å². The van der Waals surface area contributed by atoms with Gasteiger partial charge < -0.3 is 5.32 Å². The smallest absolute Gasteiger partial charge is 0.274 e. The van der Waals surface area contributed by atoms with Crippen molar-refractivity contribution in [2.24, 2.45) is 0 Å². The van der Waals surface area contributed by atoms with Gasteiger partial charge in [-0.1, -0.05) is 25.1 Å². The number of para-hydroxylation sites is 1. The lowest BCUT2D eigenvalue weighted by molar-refractivity contribution is -0.385. The summed E-state index contributed by atoms with van der Waals surface area (Å²) in [5.74, 6) is 0.657. The molecule has 1 unspecified atom stereocenters. The zero-order chi connectivity index (χ0) is 14.5. The topological polar surface area (TPSA) is 98.8 Å². The van der Waals surface area contributed by atoms with Crippen LogP contribution >= 0.6 is 0 Å². The highest BCUT2D eigenvalue weighted by atomic mass is 16.6. The third kappa shape index (κ3) is 2.97. The minimum Gasteiger partial charge on any atom is -0.308 e. The zero-order valence-corrected chi connectivity index (χ0v) is 11.4. The number of nitro groups is 1. The van der Waals surface area contributed by atoms with E-state index in [2.05, 4.69) is 20.8 Å². The minimum atomic E-state index is -0.396. The molecule has 0 bridgehead atoms. The lowest BCUT2D eigenvalue weighted by Crippen LogP contribution is -2.22. The number of aromatic nitrogens is 4. The summed E-state index contributed by atoms with van der Waals surface area (Å²) >= 11 is 0. The second-order valence-corrected chi connectivity index (χ2v) is 4.36. The highest BCUT2D eigenvalue weighted by Gasteiger charge is 2.18. The first kappa shape index (κ1) is 14.1. The van der Waals surface area contributed by atoms with Gasteiger partial charge in [-0.3, -0.25) is 10.1 Å². The summed E-state index contributed by atoms with van der Waals surface area (Å²) in [5, 5.41) is 25.8. The fourth-order valence-corrected chi connectivity index (χ4v) is 2.02. The monoisotopic (exact) mass is 276 g/mol. The first-order valence-electron chi connectivity index (χ1n) is 6.35. The Morgan fingerprint density at radius 2 is 2.20 bits per heavy atom. The molecule has 0 aliphatic heterocycles. The van der Waals surface area contributed by atoms with Crippen LogP contribution < -0.4 is 5.32 Å². The summed E-state index contributed by atoms with van der Waals surface area (Å²) in [7, 11) is 0. The van der Waals surface area contributed by atoms with Gasteiger partial charge in [-0.05, 0) is 23.9 Å². The predicted molar refractivity (Wildman–Crippen MR) is 72.1 cm³/mol. The van der Waals surface area contributed by atoms with Gasteiger partial charge in [0.2, 0.25) is 0 Å². The van der Waals surface area contributed by atoms with Crippen LogP contribution in [0.1, 0.15) is 31.3 Å². The fourth-order valence-electron chi connectivity index (χ4n) is 2.02. The molecule has 0 spiro atoms. The summed E-state index contributed by atoms with van der Waals surface area (Å²) in [6.07, 6.45) is 0. The quantitative estimate of drug-likeness (QED) is 0.630. The Labute approximate surface area is 115 Å². The van der Waals surface area contributed by atoms with Crippen molar-refractivity contribution in [1.29, 1.82) is 0 Å². The third-order valence-corrected chi connectivity index (χ3v) is 2.97. The van der Waals surface area contributed by atoms with Crippen LogP contribution in [0.5, 0.6) is 0 Å². The van der Waals surface area contributed by atoms with Gasteiger partial charge in [0.15, 0.2) is 5.82 Å². The molecule has 1 aromatic heterocycles. The van der Waals surface area contributed by atoms with Gasteiger partial charge in [0.1, 0.15) is 0 Å². The molecule has 1 N–H and O–H groups in total. The van der Waals surface area contributed by atoms with Crippen molar-refractivity contribution < 1.29 is 4.92 Å². The van der Waals surface area contributed by atoms with E-state index in [4.69, 9.17) is 0 Å². The van der Waals surface area contributed by atoms with E-state index < -0.39 is 4.92 Å². The number of benzene rings is 1. The van der Waals surface area contributed by atoms with Gasteiger partial charge in [-0.2, -0.15) is 0 Å². The molecule has 0 aliphatic rings. The number of nitrogens with zero attached hydrogens (tertiary/aromatic N) is 5. The minimum absolute atomic E-state index is 0.0160.